The van der Waals surface area contributed by atoms with E-state index in [0.29, 0.717) is 17.1 Å². The number of carbonyl (C=O) groups is 3. The molecule has 2 aliphatic heterocycles. The summed E-state index contributed by atoms with van der Waals surface area (Å²) in [6.45, 7) is 0.0155. The number of nitrogens with one attached hydrogen (secondary N) is 1. The molecule has 4 rings (SSSR count). The summed E-state index contributed by atoms with van der Waals surface area (Å²) < 4.78 is 10.6. The van der Waals surface area contributed by atoms with Gasteiger partial charge in [-0.25, -0.2) is 10.7 Å². The first-order valence-corrected chi connectivity index (χ1v) is 11.7. The number of nitrogens with zero attached hydrogens (tertiary/aromatic N) is 1. The topological polar surface area (TPSA) is 120 Å². The predicted octanol–water partition coefficient (Wildman–Crippen LogP) is 1.53. The minimum absolute atomic E-state index is 0.0124. The first-order valence-electron chi connectivity index (χ1n) is 10.6. The average molecular weight is 484 g/mol. The molecule has 0 saturated carbocycles. The number of thioether (sulfide) groups is 1. The number of esters is 1. The van der Waals surface area contributed by atoms with Crippen molar-refractivity contribution >= 4 is 29.5 Å². The molecule has 0 aromatic heterocycles. The molecule has 1 saturated heterocycles. The quantitative estimate of drug-likeness (QED) is 0.313. The zero-order valence-electron chi connectivity index (χ0n) is 18.6. The van der Waals surface area contributed by atoms with Crippen molar-refractivity contribution in [3.63, 3.8) is 0 Å². The highest BCUT2D eigenvalue weighted by Gasteiger charge is 2.54. The third kappa shape index (κ3) is 5.09. The molecule has 9 nitrogen and oxygen atoms in total. The van der Waals surface area contributed by atoms with E-state index >= 15 is 0 Å². The van der Waals surface area contributed by atoms with E-state index in [-0.39, 0.29) is 37.1 Å². The highest BCUT2D eigenvalue weighted by atomic mass is 32.2. The first kappa shape index (κ1) is 23.8. The second-order valence-corrected chi connectivity index (χ2v) is 8.91. The summed E-state index contributed by atoms with van der Waals surface area (Å²) in [6, 6.07) is 15.7. The van der Waals surface area contributed by atoms with Crippen molar-refractivity contribution in [3.8, 4) is 5.75 Å². The van der Waals surface area contributed by atoms with Crippen LogP contribution < -0.4 is 16.0 Å². The zero-order chi connectivity index (χ0) is 24.1. The van der Waals surface area contributed by atoms with Gasteiger partial charge < -0.3 is 19.6 Å². The van der Waals surface area contributed by atoms with Crippen LogP contribution in [-0.2, 0) is 37.0 Å². The SMILES string of the molecule is COc1ccc(COC(=O)C2=C(CON)CS[C@@H]3[C@H](NC(=O)Cc4ccccc4)C(=O)N23)cc1. The van der Waals surface area contributed by atoms with Gasteiger partial charge in [0.25, 0.3) is 5.91 Å². The second kappa shape index (κ2) is 10.7. The van der Waals surface area contributed by atoms with Crippen LogP contribution in [0.4, 0.5) is 0 Å². The molecule has 0 bridgehead atoms. The lowest BCUT2D eigenvalue weighted by molar-refractivity contribution is -0.153. The van der Waals surface area contributed by atoms with E-state index in [2.05, 4.69) is 5.32 Å². The van der Waals surface area contributed by atoms with Crippen molar-refractivity contribution in [2.75, 3.05) is 19.5 Å². The Morgan fingerprint density at radius 1 is 1.09 bits per heavy atom. The number of hydrogen-bond acceptors (Lipinski definition) is 8. The lowest BCUT2D eigenvalue weighted by Crippen LogP contribution is -2.70. The molecule has 2 heterocycles. The fraction of sp³-hybridized carbons (Fsp3) is 0.292. The normalized spacial score (nSPS) is 19.2. The smallest absolute Gasteiger partial charge is 0.355 e. The summed E-state index contributed by atoms with van der Waals surface area (Å²) in [4.78, 5) is 44.6. The molecule has 3 N–H and O–H groups in total. The van der Waals surface area contributed by atoms with Crippen LogP contribution in [0.25, 0.3) is 0 Å². The Labute approximate surface area is 201 Å². The zero-order valence-corrected chi connectivity index (χ0v) is 19.4. The number of β-lactam (4-membered cyclic amide) rings is 1. The number of fused-ring (bicyclic) bond motifs is 1. The van der Waals surface area contributed by atoms with Gasteiger partial charge in [-0.3, -0.25) is 14.5 Å². The Morgan fingerprint density at radius 3 is 2.50 bits per heavy atom. The average Bonchev–Trinajstić information content (AvgIpc) is 2.86. The van der Waals surface area contributed by atoms with E-state index in [1.807, 2.05) is 30.3 Å². The molecule has 1 fully saturated rings. The minimum atomic E-state index is -0.717. The van der Waals surface area contributed by atoms with Crippen LogP contribution in [0.1, 0.15) is 11.1 Å². The van der Waals surface area contributed by atoms with Crippen LogP contribution in [0.2, 0.25) is 0 Å². The lowest BCUT2D eigenvalue weighted by atomic mass is 10.0. The van der Waals surface area contributed by atoms with E-state index in [9.17, 15) is 14.4 Å². The Hall–Kier alpha value is -3.34. The van der Waals surface area contributed by atoms with E-state index in [4.69, 9.17) is 20.2 Å². The summed E-state index contributed by atoms with van der Waals surface area (Å²) in [6.07, 6.45) is 0.168. The maximum Gasteiger partial charge on any atom is 0.355 e. The summed E-state index contributed by atoms with van der Waals surface area (Å²) in [5.41, 5.74) is 2.31. The van der Waals surface area contributed by atoms with Crippen LogP contribution >= 0.6 is 11.8 Å². The van der Waals surface area contributed by atoms with Gasteiger partial charge in [-0.15, -0.1) is 11.8 Å². The summed E-state index contributed by atoms with van der Waals surface area (Å²) in [5, 5.41) is 2.39. The van der Waals surface area contributed by atoms with Crippen molar-refractivity contribution < 1.29 is 28.7 Å². The van der Waals surface area contributed by atoms with E-state index in [1.165, 1.54) is 16.7 Å². The van der Waals surface area contributed by atoms with Crippen molar-refractivity contribution in [2.24, 2.45) is 5.90 Å². The molecular weight excluding hydrogens is 458 g/mol. The van der Waals surface area contributed by atoms with Gasteiger partial charge in [0.05, 0.1) is 20.1 Å². The Kier molecular flexibility index (Phi) is 7.51. The van der Waals surface area contributed by atoms with E-state index in [1.54, 1.807) is 31.4 Å². The molecule has 2 atom stereocenters. The molecule has 10 heteroatoms. The number of rotatable bonds is 9. The van der Waals surface area contributed by atoms with Crippen molar-refractivity contribution in [3.05, 3.63) is 77.0 Å². The predicted molar refractivity (Wildman–Crippen MR) is 125 cm³/mol. The molecule has 34 heavy (non-hydrogen) atoms. The van der Waals surface area contributed by atoms with Gasteiger partial charge in [-0.1, -0.05) is 42.5 Å². The summed E-state index contributed by atoms with van der Waals surface area (Å²) in [7, 11) is 1.57. The lowest BCUT2D eigenvalue weighted by Gasteiger charge is -2.49. The van der Waals surface area contributed by atoms with E-state index < -0.39 is 17.4 Å². The minimum Gasteiger partial charge on any atom is -0.497 e. The number of amides is 2. The van der Waals surface area contributed by atoms with Crippen LogP contribution in [0.5, 0.6) is 5.75 Å². The molecular formula is C24H25N3O6S. The highest BCUT2D eigenvalue weighted by Crippen LogP contribution is 2.40. The number of nitrogens with two attached hydrogens (primary N) is 1. The fourth-order valence-electron chi connectivity index (χ4n) is 3.83. The molecule has 2 aromatic rings. The second-order valence-electron chi connectivity index (χ2n) is 7.80. The number of benzene rings is 2. The van der Waals surface area contributed by atoms with E-state index in [0.717, 1.165) is 11.1 Å². The largest absolute Gasteiger partial charge is 0.497 e. The molecule has 0 unspecified atom stereocenters. The van der Waals surface area contributed by atoms with Gasteiger partial charge in [0, 0.05) is 5.75 Å². The van der Waals surface area contributed by atoms with Crippen molar-refractivity contribution in [1.29, 1.82) is 0 Å². The Bertz CT molecular complexity index is 1090. The number of carbonyl (C=O) groups excluding carboxylic acids is 3. The maximum absolute atomic E-state index is 13.0. The number of ether oxygens (including phenoxy) is 2. The van der Waals surface area contributed by atoms with Crippen molar-refractivity contribution in [1.82, 2.24) is 10.2 Å². The number of hydrogen-bond donors (Lipinski definition) is 2. The van der Waals surface area contributed by atoms with Gasteiger partial charge >= 0.3 is 5.97 Å². The summed E-state index contributed by atoms with van der Waals surface area (Å²) >= 11 is 1.44. The van der Waals surface area contributed by atoms with Gasteiger partial charge in [0.15, 0.2) is 0 Å². The molecule has 0 spiro atoms. The van der Waals surface area contributed by atoms with Crippen LogP contribution in [0, 0.1) is 0 Å². The molecule has 2 amide bonds. The standard InChI is InChI=1S/C24H25N3O6S/c1-31-18-9-7-16(8-10-18)12-32-24(30)21-17(13-33-25)14-34-23-20(22(29)27(21)23)26-19(28)11-15-5-3-2-4-6-15/h2-10,20,23H,11-14,25H2,1H3,(H,26,28)/t20-,23-/m1/s1. The van der Waals surface area contributed by atoms with Gasteiger partial charge in [-0.05, 0) is 28.8 Å². The van der Waals surface area contributed by atoms with Gasteiger partial charge in [-0.2, -0.15) is 0 Å². The molecule has 0 aliphatic carbocycles. The van der Waals surface area contributed by atoms with Gasteiger partial charge in [0.1, 0.15) is 29.5 Å². The molecule has 2 aliphatic rings. The van der Waals surface area contributed by atoms with Crippen LogP contribution in [0.3, 0.4) is 0 Å². The molecule has 2 aromatic carbocycles. The molecule has 178 valence electrons. The van der Waals surface area contributed by atoms with Crippen LogP contribution in [-0.4, -0.2) is 53.6 Å². The van der Waals surface area contributed by atoms with Crippen molar-refractivity contribution in [2.45, 2.75) is 24.4 Å². The van der Waals surface area contributed by atoms with Crippen LogP contribution in [0.15, 0.2) is 65.9 Å². The third-order valence-electron chi connectivity index (χ3n) is 5.55. The Balaban J connectivity index is 1.43. The Morgan fingerprint density at radius 2 is 1.82 bits per heavy atom. The number of methoxy groups -OCH3 is 1. The fourth-order valence-corrected chi connectivity index (χ4v) is 5.16. The maximum atomic E-state index is 13.0. The monoisotopic (exact) mass is 483 g/mol. The van der Waals surface area contributed by atoms with Gasteiger partial charge in [0.2, 0.25) is 5.91 Å². The third-order valence-corrected chi connectivity index (χ3v) is 6.89. The first-order chi connectivity index (χ1) is 16.5. The molecule has 0 radical (unpaired) electrons. The summed E-state index contributed by atoms with van der Waals surface area (Å²) in [5.74, 6) is 5.09. The highest BCUT2D eigenvalue weighted by molar-refractivity contribution is 8.00.